The van der Waals surface area contributed by atoms with Gasteiger partial charge in [0.25, 0.3) is 0 Å². The molecule has 0 fully saturated rings. The highest BCUT2D eigenvalue weighted by atomic mass is 15.2. The van der Waals surface area contributed by atoms with Gasteiger partial charge in [-0.05, 0) is 13.0 Å². The Bertz CT molecular complexity index is 530. The van der Waals surface area contributed by atoms with Crippen LogP contribution in [0, 0.1) is 0 Å². The topological polar surface area (TPSA) is 55.9 Å². The Labute approximate surface area is 107 Å². The number of fused-ring (bicyclic) bond motifs is 1. The van der Waals surface area contributed by atoms with Crippen molar-refractivity contribution in [3.8, 4) is 11.3 Å². The molecular weight excluding hydrogens is 224 g/mol. The number of benzene rings is 1. The fraction of sp³-hybridized carbons (Fsp3) is 0.357. The molecule has 18 heavy (non-hydrogen) atoms. The maximum Gasteiger partial charge on any atom is 0.203 e. The van der Waals surface area contributed by atoms with Crippen LogP contribution in [0.5, 0.6) is 0 Å². The van der Waals surface area contributed by atoms with Crippen molar-refractivity contribution < 1.29 is 0 Å². The average molecular weight is 242 g/mol. The van der Waals surface area contributed by atoms with Gasteiger partial charge in [0, 0.05) is 30.8 Å². The van der Waals surface area contributed by atoms with Crippen molar-refractivity contribution >= 4 is 5.95 Å². The Morgan fingerprint density at radius 2 is 2.11 bits per heavy atom. The van der Waals surface area contributed by atoms with Gasteiger partial charge in [-0.2, -0.15) is 0 Å². The summed E-state index contributed by atoms with van der Waals surface area (Å²) in [5.41, 5.74) is 9.24. The zero-order valence-corrected chi connectivity index (χ0v) is 10.4. The van der Waals surface area contributed by atoms with Gasteiger partial charge in [-0.25, -0.2) is 4.98 Å². The number of nitrogens with zero attached hydrogens (tertiary/aromatic N) is 2. The predicted octanol–water partition coefficient (Wildman–Crippen LogP) is 1.87. The second-order valence-corrected chi connectivity index (χ2v) is 4.57. The maximum absolute atomic E-state index is 5.74. The van der Waals surface area contributed by atoms with E-state index >= 15 is 0 Å². The molecular formula is C14H18N4. The molecule has 1 aromatic carbocycles. The molecule has 1 aliphatic rings. The lowest BCUT2D eigenvalue weighted by atomic mass is 10.1. The van der Waals surface area contributed by atoms with Crippen molar-refractivity contribution in [3.63, 3.8) is 0 Å². The first-order valence-corrected chi connectivity index (χ1v) is 6.49. The third kappa shape index (κ3) is 1.88. The van der Waals surface area contributed by atoms with Crippen LogP contribution in [0.2, 0.25) is 0 Å². The zero-order chi connectivity index (χ0) is 12.4. The third-order valence-electron chi connectivity index (χ3n) is 3.34. The summed E-state index contributed by atoms with van der Waals surface area (Å²) >= 11 is 0. The maximum atomic E-state index is 5.74. The van der Waals surface area contributed by atoms with Gasteiger partial charge in [0.2, 0.25) is 5.95 Å². The summed E-state index contributed by atoms with van der Waals surface area (Å²) in [6.45, 7) is 2.70. The average Bonchev–Trinajstić information content (AvgIpc) is 2.80. The van der Waals surface area contributed by atoms with Crippen molar-refractivity contribution in [1.82, 2.24) is 9.55 Å². The fourth-order valence-electron chi connectivity index (χ4n) is 2.52. The van der Waals surface area contributed by atoms with Gasteiger partial charge < -0.3 is 15.6 Å². The fourth-order valence-corrected chi connectivity index (χ4v) is 2.52. The van der Waals surface area contributed by atoms with Gasteiger partial charge in [-0.3, -0.25) is 0 Å². The lowest BCUT2D eigenvalue weighted by Crippen LogP contribution is -2.19. The SMILES string of the molecule is NCCc1c(-c2ccccc2)nc2n1CCCN2. The van der Waals surface area contributed by atoms with E-state index in [0.717, 1.165) is 37.6 Å². The summed E-state index contributed by atoms with van der Waals surface area (Å²) < 4.78 is 2.28. The highest BCUT2D eigenvalue weighted by Crippen LogP contribution is 2.28. The van der Waals surface area contributed by atoms with Crippen molar-refractivity contribution in [3.05, 3.63) is 36.0 Å². The van der Waals surface area contributed by atoms with Crippen molar-refractivity contribution in [1.29, 1.82) is 0 Å². The summed E-state index contributed by atoms with van der Waals surface area (Å²) in [5.74, 6) is 0.989. The van der Waals surface area contributed by atoms with Crippen molar-refractivity contribution in [2.24, 2.45) is 5.73 Å². The first-order chi connectivity index (χ1) is 8.90. The van der Waals surface area contributed by atoms with E-state index in [1.165, 1.54) is 11.3 Å². The first-order valence-electron chi connectivity index (χ1n) is 6.49. The predicted molar refractivity (Wildman–Crippen MR) is 73.5 cm³/mol. The summed E-state index contributed by atoms with van der Waals surface area (Å²) in [5, 5.41) is 3.36. The van der Waals surface area contributed by atoms with Gasteiger partial charge >= 0.3 is 0 Å². The molecule has 0 unspecified atom stereocenters. The minimum atomic E-state index is 0.658. The summed E-state index contributed by atoms with van der Waals surface area (Å²) in [6, 6.07) is 10.3. The van der Waals surface area contributed by atoms with Crippen molar-refractivity contribution in [2.75, 3.05) is 18.4 Å². The largest absolute Gasteiger partial charge is 0.356 e. The van der Waals surface area contributed by atoms with E-state index < -0.39 is 0 Å². The summed E-state index contributed by atoms with van der Waals surface area (Å²) in [6.07, 6.45) is 2.02. The van der Waals surface area contributed by atoms with Gasteiger partial charge in [0.1, 0.15) is 0 Å². The first kappa shape index (κ1) is 11.3. The molecule has 0 spiro atoms. The van der Waals surface area contributed by atoms with Crippen LogP contribution in [0.4, 0.5) is 5.95 Å². The molecule has 3 N–H and O–H groups in total. The lowest BCUT2D eigenvalue weighted by Gasteiger charge is -2.17. The number of anilines is 1. The van der Waals surface area contributed by atoms with E-state index in [0.29, 0.717) is 6.54 Å². The molecule has 1 aromatic heterocycles. The van der Waals surface area contributed by atoms with Gasteiger partial charge in [0.15, 0.2) is 0 Å². The molecule has 2 heterocycles. The second-order valence-electron chi connectivity index (χ2n) is 4.57. The number of aromatic nitrogens is 2. The normalized spacial score (nSPS) is 14.1. The van der Waals surface area contributed by atoms with E-state index in [-0.39, 0.29) is 0 Å². The number of rotatable bonds is 3. The van der Waals surface area contributed by atoms with Crippen LogP contribution in [-0.4, -0.2) is 22.6 Å². The second kappa shape index (κ2) is 4.82. The van der Waals surface area contributed by atoms with Crippen LogP contribution in [0.25, 0.3) is 11.3 Å². The minimum Gasteiger partial charge on any atom is -0.356 e. The highest BCUT2D eigenvalue weighted by Gasteiger charge is 2.19. The highest BCUT2D eigenvalue weighted by molar-refractivity contribution is 5.65. The van der Waals surface area contributed by atoms with E-state index in [1.54, 1.807) is 0 Å². The molecule has 0 aliphatic carbocycles. The van der Waals surface area contributed by atoms with Crippen LogP contribution in [0.1, 0.15) is 12.1 Å². The van der Waals surface area contributed by atoms with Crippen molar-refractivity contribution in [2.45, 2.75) is 19.4 Å². The molecule has 4 nitrogen and oxygen atoms in total. The quantitative estimate of drug-likeness (QED) is 0.864. The Kier molecular flexibility index (Phi) is 3.02. The number of nitrogens with two attached hydrogens (primary N) is 1. The Balaban J connectivity index is 2.11. The Morgan fingerprint density at radius 1 is 1.28 bits per heavy atom. The molecule has 0 atom stereocenters. The number of hydrogen-bond donors (Lipinski definition) is 2. The molecule has 0 saturated heterocycles. The van der Waals surface area contributed by atoms with Crippen LogP contribution >= 0.6 is 0 Å². The molecule has 94 valence electrons. The molecule has 0 saturated carbocycles. The Morgan fingerprint density at radius 3 is 2.89 bits per heavy atom. The van der Waals surface area contributed by atoms with E-state index in [1.807, 2.05) is 18.2 Å². The lowest BCUT2D eigenvalue weighted by molar-refractivity contribution is 0.603. The van der Waals surface area contributed by atoms with Gasteiger partial charge in [-0.15, -0.1) is 0 Å². The molecule has 3 rings (SSSR count). The Hall–Kier alpha value is -1.81. The molecule has 2 aromatic rings. The smallest absolute Gasteiger partial charge is 0.203 e. The zero-order valence-electron chi connectivity index (χ0n) is 10.4. The van der Waals surface area contributed by atoms with Gasteiger partial charge in [0.05, 0.1) is 5.69 Å². The molecule has 1 aliphatic heterocycles. The van der Waals surface area contributed by atoms with Crippen LogP contribution in [-0.2, 0) is 13.0 Å². The number of hydrogen-bond acceptors (Lipinski definition) is 3. The van der Waals surface area contributed by atoms with E-state index in [4.69, 9.17) is 10.7 Å². The summed E-state index contributed by atoms with van der Waals surface area (Å²) in [4.78, 5) is 4.74. The van der Waals surface area contributed by atoms with Gasteiger partial charge in [-0.1, -0.05) is 30.3 Å². The minimum absolute atomic E-state index is 0.658. The van der Waals surface area contributed by atoms with Crippen LogP contribution in [0.3, 0.4) is 0 Å². The summed E-state index contributed by atoms with van der Waals surface area (Å²) in [7, 11) is 0. The molecule has 4 heteroatoms. The molecule has 0 radical (unpaired) electrons. The molecule has 0 amide bonds. The third-order valence-corrected chi connectivity index (χ3v) is 3.34. The molecule has 0 bridgehead atoms. The van der Waals surface area contributed by atoms with E-state index in [2.05, 4.69) is 22.0 Å². The standard InChI is InChI=1S/C14H18N4/c15-8-7-12-13(11-5-2-1-3-6-11)17-14-16-9-4-10-18(12)14/h1-3,5-6H,4,7-10,15H2,(H,16,17). The van der Waals surface area contributed by atoms with Crippen LogP contribution in [0.15, 0.2) is 30.3 Å². The van der Waals surface area contributed by atoms with E-state index in [9.17, 15) is 0 Å². The number of nitrogens with one attached hydrogen (secondary N) is 1. The van der Waals surface area contributed by atoms with Crippen LogP contribution < -0.4 is 11.1 Å². The number of imidazole rings is 1. The monoisotopic (exact) mass is 242 g/mol.